The molecule has 1 N–H and O–H groups in total. The zero-order chi connectivity index (χ0) is 14.5. The van der Waals surface area contributed by atoms with Crippen LogP contribution in [0.5, 0.6) is 0 Å². The van der Waals surface area contributed by atoms with Crippen LogP contribution in [0, 0.1) is 0 Å². The molecule has 0 aliphatic rings. The third kappa shape index (κ3) is 3.41. The van der Waals surface area contributed by atoms with Crippen molar-refractivity contribution in [2.45, 2.75) is 19.9 Å². The van der Waals surface area contributed by atoms with Gasteiger partial charge in [0, 0.05) is 12.4 Å². The van der Waals surface area contributed by atoms with Gasteiger partial charge in [0.25, 0.3) is 5.95 Å². The largest absolute Gasteiger partial charge is 0.464 e. The van der Waals surface area contributed by atoms with E-state index in [1.54, 1.807) is 32.3 Å². The highest BCUT2D eigenvalue weighted by Crippen LogP contribution is 2.10. The minimum Gasteiger partial charge on any atom is -0.464 e. The first-order valence-corrected chi connectivity index (χ1v) is 6.32. The van der Waals surface area contributed by atoms with Crippen molar-refractivity contribution in [2.24, 2.45) is 0 Å². The Hall–Kier alpha value is -2.22. The lowest BCUT2D eigenvalue weighted by atomic mass is 10.3. The molecule has 1 atom stereocenters. The molecule has 0 fully saturated rings. The second-order valence-corrected chi connectivity index (χ2v) is 4.13. The molecule has 0 bridgehead atoms. The lowest BCUT2D eigenvalue weighted by Gasteiger charge is -2.12. The summed E-state index contributed by atoms with van der Waals surface area (Å²) in [7, 11) is 0. The Morgan fingerprint density at radius 2 is 2.30 bits per heavy atom. The van der Waals surface area contributed by atoms with E-state index >= 15 is 0 Å². The van der Waals surface area contributed by atoms with Gasteiger partial charge >= 0.3 is 5.97 Å². The van der Waals surface area contributed by atoms with Crippen molar-refractivity contribution in [1.29, 1.82) is 0 Å². The van der Waals surface area contributed by atoms with Gasteiger partial charge < -0.3 is 10.1 Å². The van der Waals surface area contributed by atoms with Gasteiger partial charge in [-0.25, -0.2) is 9.48 Å². The van der Waals surface area contributed by atoms with E-state index in [0.29, 0.717) is 6.61 Å². The number of halogens is 1. The smallest absolute Gasteiger partial charge is 0.328 e. The first-order chi connectivity index (χ1) is 9.60. The maximum atomic E-state index is 11.5. The molecule has 0 amide bonds. The van der Waals surface area contributed by atoms with Gasteiger partial charge in [0.05, 0.1) is 6.61 Å². The third-order valence-electron chi connectivity index (χ3n) is 2.29. The van der Waals surface area contributed by atoms with E-state index in [-0.39, 0.29) is 17.2 Å². The highest BCUT2D eigenvalue weighted by molar-refractivity contribution is 6.28. The molecule has 0 saturated carbocycles. The fourth-order valence-corrected chi connectivity index (χ4v) is 1.57. The van der Waals surface area contributed by atoms with Gasteiger partial charge in [-0.3, -0.25) is 0 Å². The van der Waals surface area contributed by atoms with E-state index in [4.69, 9.17) is 16.3 Å². The van der Waals surface area contributed by atoms with Gasteiger partial charge in [0.1, 0.15) is 6.04 Å². The number of carbonyl (C=O) groups excluding carboxylic acids is 1. The van der Waals surface area contributed by atoms with Crippen molar-refractivity contribution >= 4 is 23.5 Å². The monoisotopic (exact) mass is 296 g/mol. The Morgan fingerprint density at radius 1 is 1.50 bits per heavy atom. The standard InChI is InChI=1S/C11H13ClN6O2/c1-3-20-8(19)7(2)14-10-15-9(12)16-11(17-10)18-6-4-5-13-18/h4-7H,3H2,1-2H3,(H,14,15,16,17). The summed E-state index contributed by atoms with van der Waals surface area (Å²) in [4.78, 5) is 23.5. The summed E-state index contributed by atoms with van der Waals surface area (Å²) in [6, 6.07) is 1.13. The molecule has 0 aliphatic carbocycles. The minimum atomic E-state index is -0.598. The first-order valence-electron chi connectivity index (χ1n) is 5.95. The number of nitrogens with one attached hydrogen (secondary N) is 1. The van der Waals surface area contributed by atoms with Crippen molar-refractivity contribution in [1.82, 2.24) is 24.7 Å². The van der Waals surface area contributed by atoms with Crippen molar-refractivity contribution in [3.8, 4) is 5.95 Å². The van der Waals surface area contributed by atoms with Crippen LogP contribution in [-0.4, -0.2) is 43.4 Å². The van der Waals surface area contributed by atoms with Crippen molar-refractivity contribution in [3.63, 3.8) is 0 Å². The second-order valence-electron chi connectivity index (χ2n) is 3.80. The Kier molecular flexibility index (Phi) is 4.46. The highest BCUT2D eigenvalue weighted by Gasteiger charge is 2.16. The van der Waals surface area contributed by atoms with Crippen molar-refractivity contribution in [3.05, 3.63) is 23.7 Å². The summed E-state index contributed by atoms with van der Waals surface area (Å²) in [5.74, 6) is 0.0364. The van der Waals surface area contributed by atoms with Crippen LogP contribution in [-0.2, 0) is 9.53 Å². The molecule has 106 valence electrons. The number of aromatic nitrogens is 5. The molecule has 0 radical (unpaired) electrons. The summed E-state index contributed by atoms with van der Waals surface area (Å²) in [5.41, 5.74) is 0. The molecule has 0 aliphatic heterocycles. The quantitative estimate of drug-likeness (QED) is 0.825. The van der Waals surface area contributed by atoms with Crippen LogP contribution in [0.4, 0.5) is 5.95 Å². The lowest BCUT2D eigenvalue weighted by molar-refractivity contribution is -0.143. The van der Waals surface area contributed by atoms with Gasteiger partial charge in [-0.05, 0) is 31.5 Å². The molecular weight excluding hydrogens is 284 g/mol. The predicted molar refractivity (Wildman–Crippen MR) is 71.7 cm³/mol. The maximum absolute atomic E-state index is 11.5. The number of carbonyl (C=O) groups is 1. The van der Waals surface area contributed by atoms with Crippen LogP contribution in [0.25, 0.3) is 5.95 Å². The normalized spacial score (nSPS) is 11.9. The molecule has 0 spiro atoms. The van der Waals surface area contributed by atoms with Crippen molar-refractivity contribution in [2.75, 3.05) is 11.9 Å². The SMILES string of the molecule is CCOC(=O)C(C)Nc1nc(Cl)nc(-n2cccn2)n1. The van der Waals surface area contributed by atoms with Gasteiger partial charge in [-0.2, -0.15) is 20.1 Å². The zero-order valence-electron chi connectivity index (χ0n) is 10.9. The number of ether oxygens (including phenoxy) is 1. The van der Waals surface area contributed by atoms with Crippen LogP contribution in [0.2, 0.25) is 5.28 Å². The second kappa shape index (κ2) is 6.29. The Labute approximate surface area is 120 Å². The van der Waals surface area contributed by atoms with Gasteiger partial charge in [0.2, 0.25) is 11.2 Å². The molecular formula is C11H13ClN6O2. The molecule has 1 unspecified atom stereocenters. The number of hydrogen-bond acceptors (Lipinski definition) is 7. The number of rotatable bonds is 5. The average Bonchev–Trinajstić information content (AvgIpc) is 2.92. The van der Waals surface area contributed by atoms with E-state index in [2.05, 4.69) is 25.4 Å². The minimum absolute atomic E-state index is 0.00376. The molecule has 0 aromatic carbocycles. The molecule has 0 saturated heterocycles. The summed E-state index contributed by atoms with van der Waals surface area (Å²) < 4.78 is 6.32. The average molecular weight is 297 g/mol. The van der Waals surface area contributed by atoms with E-state index in [1.807, 2.05) is 0 Å². The van der Waals surface area contributed by atoms with Crippen LogP contribution >= 0.6 is 11.6 Å². The van der Waals surface area contributed by atoms with Gasteiger partial charge in [0.15, 0.2) is 0 Å². The van der Waals surface area contributed by atoms with Crippen molar-refractivity contribution < 1.29 is 9.53 Å². The van der Waals surface area contributed by atoms with E-state index in [1.165, 1.54) is 4.68 Å². The van der Waals surface area contributed by atoms with Crippen LogP contribution in [0.1, 0.15) is 13.8 Å². The summed E-state index contributed by atoms with van der Waals surface area (Å²) in [6.07, 6.45) is 3.26. The van der Waals surface area contributed by atoms with Crippen LogP contribution < -0.4 is 5.32 Å². The summed E-state index contributed by atoms with van der Waals surface area (Å²) >= 11 is 5.83. The lowest BCUT2D eigenvalue weighted by Crippen LogP contribution is -2.29. The molecule has 20 heavy (non-hydrogen) atoms. The third-order valence-corrected chi connectivity index (χ3v) is 2.46. The predicted octanol–water partition coefficient (Wildman–Crippen LogP) is 1.07. The van der Waals surface area contributed by atoms with E-state index in [0.717, 1.165) is 0 Å². The molecule has 8 nitrogen and oxygen atoms in total. The van der Waals surface area contributed by atoms with Gasteiger partial charge in [-0.1, -0.05) is 0 Å². The maximum Gasteiger partial charge on any atom is 0.328 e. The molecule has 2 heterocycles. The van der Waals surface area contributed by atoms with Crippen LogP contribution in [0.3, 0.4) is 0 Å². The fourth-order valence-electron chi connectivity index (χ4n) is 1.41. The molecule has 2 rings (SSSR count). The Balaban J connectivity index is 2.18. The fraction of sp³-hybridized carbons (Fsp3) is 0.364. The van der Waals surface area contributed by atoms with Gasteiger partial charge in [-0.15, -0.1) is 0 Å². The summed E-state index contributed by atoms with van der Waals surface area (Å²) in [6.45, 7) is 3.69. The highest BCUT2D eigenvalue weighted by atomic mass is 35.5. The number of anilines is 1. The number of hydrogen-bond donors (Lipinski definition) is 1. The first kappa shape index (κ1) is 14.2. The summed E-state index contributed by atoms with van der Waals surface area (Å²) in [5, 5.41) is 6.81. The Bertz CT molecular complexity index is 589. The number of esters is 1. The topological polar surface area (TPSA) is 94.8 Å². The Morgan fingerprint density at radius 3 is 2.95 bits per heavy atom. The van der Waals surface area contributed by atoms with Crippen LogP contribution in [0.15, 0.2) is 18.5 Å². The molecule has 2 aromatic heterocycles. The van der Waals surface area contributed by atoms with E-state index < -0.39 is 12.0 Å². The number of nitrogens with zero attached hydrogens (tertiary/aromatic N) is 5. The molecule has 2 aromatic rings. The van der Waals surface area contributed by atoms with E-state index in [9.17, 15) is 4.79 Å². The molecule has 9 heteroatoms. The zero-order valence-corrected chi connectivity index (χ0v) is 11.7.